The molecule has 27 heavy (non-hydrogen) atoms. The summed E-state index contributed by atoms with van der Waals surface area (Å²) < 4.78 is 11.4. The van der Waals surface area contributed by atoms with Gasteiger partial charge in [-0.3, -0.25) is 4.79 Å². The van der Waals surface area contributed by atoms with E-state index in [1.165, 1.54) is 0 Å². The van der Waals surface area contributed by atoms with Crippen molar-refractivity contribution in [1.82, 2.24) is 10.2 Å². The molecule has 4 rings (SSSR count). The third-order valence-electron chi connectivity index (χ3n) is 5.22. The molecule has 2 heterocycles. The molecule has 0 bridgehead atoms. The van der Waals surface area contributed by atoms with E-state index in [9.17, 15) is 4.79 Å². The van der Waals surface area contributed by atoms with Crippen LogP contribution < -0.4 is 10.1 Å². The largest absolute Gasteiger partial charge is 0.497 e. The van der Waals surface area contributed by atoms with Crippen LogP contribution in [0.2, 0.25) is 0 Å². The van der Waals surface area contributed by atoms with Crippen molar-refractivity contribution in [3.8, 4) is 16.9 Å². The Balaban J connectivity index is 1.78. The van der Waals surface area contributed by atoms with Crippen LogP contribution in [-0.4, -0.2) is 44.6 Å². The van der Waals surface area contributed by atoms with Crippen molar-refractivity contribution in [3.05, 3.63) is 54.3 Å². The molecular formula is C22H24N2O3. The number of carbonyl (C=O) groups excluding carboxylic acids is 1. The smallest absolute Gasteiger partial charge is 0.290 e. The topological polar surface area (TPSA) is 54.7 Å². The van der Waals surface area contributed by atoms with Gasteiger partial charge in [0.05, 0.1) is 7.11 Å². The molecule has 1 amide bonds. The number of benzene rings is 2. The van der Waals surface area contributed by atoms with Gasteiger partial charge in [-0.15, -0.1) is 0 Å². The number of carbonyl (C=O) groups is 1. The zero-order valence-electron chi connectivity index (χ0n) is 15.7. The highest BCUT2D eigenvalue weighted by Gasteiger charge is 2.31. The van der Waals surface area contributed by atoms with Gasteiger partial charge in [-0.25, -0.2) is 0 Å². The monoisotopic (exact) mass is 364 g/mol. The fourth-order valence-corrected chi connectivity index (χ4v) is 3.86. The lowest BCUT2D eigenvalue weighted by atomic mass is 10.0. The van der Waals surface area contributed by atoms with Crippen LogP contribution >= 0.6 is 0 Å². The van der Waals surface area contributed by atoms with Gasteiger partial charge >= 0.3 is 0 Å². The summed E-state index contributed by atoms with van der Waals surface area (Å²) in [6.07, 6.45) is 1.02. The second-order valence-electron chi connectivity index (χ2n) is 7.00. The van der Waals surface area contributed by atoms with Gasteiger partial charge < -0.3 is 19.4 Å². The molecule has 0 spiro atoms. The highest BCUT2D eigenvalue weighted by molar-refractivity contribution is 6.08. The van der Waals surface area contributed by atoms with Crippen LogP contribution in [0.15, 0.2) is 52.9 Å². The molecule has 5 nitrogen and oxygen atoms in total. The molecule has 1 N–H and O–H groups in total. The van der Waals surface area contributed by atoms with Crippen molar-refractivity contribution in [3.63, 3.8) is 0 Å². The molecule has 1 aliphatic rings. The van der Waals surface area contributed by atoms with Crippen LogP contribution in [0.1, 0.15) is 17.0 Å². The Bertz CT molecular complexity index is 949. The van der Waals surface area contributed by atoms with Crippen molar-refractivity contribution in [2.45, 2.75) is 6.42 Å². The first-order valence-electron chi connectivity index (χ1n) is 9.31. The number of hydrogen-bond donors (Lipinski definition) is 1. The Morgan fingerprint density at radius 3 is 2.81 bits per heavy atom. The van der Waals surface area contributed by atoms with E-state index in [0.717, 1.165) is 42.6 Å². The average Bonchev–Trinajstić information content (AvgIpc) is 3.32. The first-order chi connectivity index (χ1) is 13.2. The minimum Gasteiger partial charge on any atom is -0.497 e. The number of nitrogens with one attached hydrogen (secondary N) is 1. The minimum atomic E-state index is -0.0392. The number of fused-ring (bicyclic) bond motifs is 1. The van der Waals surface area contributed by atoms with Gasteiger partial charge in [0.25, 0.3) is 5.91 Å². The van der Waals surface area contributed by atoms with E-state index in [1.54, 1.807) is 7.11 Å². The van der Waals surface area contributed by atoms with Crippen molar-refractivity contribution in [2.75, 3.05) is 33.8 Å². The maximum Gasteiger partial charge on any atom is 0.290 e. The van der Waals surface area contributed by atoms with Gasteiger partial charge in [0.15, 0.2) is 0 Å². The Morgan fingerprint density at radius 2 is 2.07 bits per heavy atom. The predicted octanol–water partition coefficient (Wildman–Crippen LogP) is 3.79. The number of likely N-dealkylation sites (tertiary alicyclic amines) is 1. The number of ether oxygens (including phenoxy) is 1. The number of methoxy groups -OCH3 is 1. The summed E-state index contributed by atoms with van der Waals surface area (Å²) in [7, 11) is 3.57. The van der Waals surface area contributed by atoms with E-state index in [4.69, 9.17) is 9.15 Å². The van der Waals surface area contributed by atoms with Crippen molar-refractivity contribution in [1.29, 1.82) is 0 Å². The zero-order chi connectivity index (χ0) is 18.8. The van der Waals surface area contributed by atoms with Gasteiger partial charge in [-0.1, -0.05) is 30.3 Å². The quantitative estimate of drug-likeness (QED) is 0.748. The number of furan rings is 1. The van der Waals surface area contributed by atoms with Gasteiger partial charge in [-0.2, -0.15) is 0 Å². The van der Waals surface area contributed by atoms with E-state index in [0.29, 0.717) is 23.0 Å². The Kier molecular flexibility index (Phi) is 4.86. The fourth-order valence-electron chi connectivity index (χ4n) is 3.86. The van der Waals surface area contributed by atoms with Crippen molar-refractivity contribution < 1.29 is 13.9 Å². The number of rotatable bonds is 5. The molecule has 5 heteroatoms. The lowest BCUT2D eigenvalue weighted by molar-refractivity contribution is 0.0759. The van der Waals surface area contributed by atoms with Crippen molar-refractivity contribution >= 4 is 16.9 Å². The third kappa shape index (κ3) is 3.30. The maximum atomic E-state index is 13.3. The van der Waals surface area contributed by atoms with E-state index in [2.05, 4.69) is 5.32 Å². The SMILES string of the molecule is CNCC1CCN(C(=O)c2oc3cc(OC)ccc3c2-c2ccccc2)C1. The van der Waals surface area contributed by atoms with E-state index in [-0.39, 0.29) is 5.91 Å². The maximum absolute atomic E-state index is 13.3. The molecule has 1 aliphatic heterocycles. The lowest BCUT2D eigenvalue weighted by Gasteiger charge is -2.16. The summed E-state index contributed by atoms with van der Waals surface area (Å²) in [6, 6.07) is 15.7. The van der Waals surface area contributed by atoms with Crippen LogP contribution in [-0.2, 0) is 0 Å². The van der Waals surface area contributed by atoms with Gasteiger partial charge in [0.2, 0.25) is 5.76 Å². The summed E-state index contributed by atoms with van der Waals surface area (Å²) in [6.45, 7) is 2.45. The highest BCUT2D eigenvalue weighted by Crippen LogP contribution is 2.37. The summed E-state index contributed by atoms with van der Waals surface area (Å²) >= 11 is 0. The molecule has 0 aliphatic carbocycles. The Morgan fingerprint density at radius 1 is 1.26 bits per heavy atom. The highest BCUT2D eigenvalue weighted by atomic mass is 16.5. The standard InChI is InChI=1S/C22H24N2O3/c1-23-13-15-10-11-24(14-15)22(25)21-20(16-6-4-3-5-7-16)18-9-8-17(26-2)12-19(18)27-21/h3-9,12,15,23H,10-11,13-14H2,1-2H3. The van der Waals surface area contributed by atoms with Gasteiger partial charge in [0.1, 0.15) is 11.3 Å². The average molecular weight is 364 g/mol. The van der Waals surface area contributed by atoms with Crippen LogP contribution in [0.4, 0.5) is 0 Å². The fraction of sp³-hybridized carbons (Fsp3) is 0.318. The molecule has 1 aromatic heterocycles. The normalized spacial score (nSPS) is 16.8. The van der Waals surface area contributed by atoms with Crippen LogP contribution in [0.3, 0.4) is 0 Å². The second-order valence-corrected chi connectivity index (χ2v) is 7.00. The molecule has 1 saturated heterocycles. The Labute approximate surface area is 158 Å². The number of hydrogen-bond acceptors (Lipinski definition) is 4. The molecule has 0 saturated carbocycles. The lowest BCUT2D eigenvalue weighted by Crippen LogP contribution is -2.30. The van der Waals surface area contributed by atoms with Crippen molar-refractivity contribution in [2.24, 2.45) is 5.92 Å². The first-order valence-corrected chi connectivity index (χ1v) is 9.31. The molecule has 2 aromatic carbocycles. The summed E-state index contributed by atoms with van der Waals surface area (Å²) in [5.41, 5.74) is 2.51. The number of nitrogens with zero attached hydrogens (tertiary/aromatic N) is 1. The van der Waals surface area contributed by atoms with Crippen LogP contribution in [0, 0.1) is 5.92 Å². The van der Waals surface area contributed by atoms with E-state index in [1.807, 2.05) is 60.5 Å². The molecule has 3 aromatic rings. The van der Waals surface area contributed by atoms with E-state index < -0.39 is 0 Å². The molecule has 1 atom stereocenters. The zero-order valence-corrected chi connectivity index (χ0v) is 15.7. The Hall–Kier alpha value is -2.79. The third-order valence-corrected chi connectivity index (χ3v) is 5.22. The minimum absolute atomic E-state index is 0.0392. The molecule has 140 valence electrons. The summed E-state index contributed by atoms with van der Waals surface area (Å²) in [5, 5.41) is 4.13. The molecule has 1 fully saturated rings. The van der Waals surface area contributed by atoms with E-state index >= 15 is 0 Å². The van der Waals surface area contributed by atoms with Gasteiger partial charge in [-0.05, 0) is 43.6 Å². The van der Waals surface area contributed by atoms with Crippen LogP contribution in [0.5, 0.6) is 5.75 Å². The number of amides is 1. The molecule has 1 unspecified atom stereocenters. The first kappa shape index (κ1) is 17.6. The molecular weight excluding hydrogens is 340 g/mol. The predicted molar refractivity (Wildman–Crippen MR) is 106 cm³/mol. The summed E-state index contributed by atoms with van der Waals surface area (Å²) in [5.74, 6) is 1.57. The molecule has 0 radical (unpaired) electrons. The van der Waals surface area contributed by atoms with Gasteiger partial charge in [0, 0.05) is 30.1 Å². The summed E-state index contributed by atoms with van der Waals surface area (Å²) in [4.78, 5) is 15.2. The van der Waals surface area contributed by atoms with Crippen LogP contribution in [0.25, 0.3) is 22.1 Å². The second kappa shape index (κ2) is 7.45.